The molecule has 2 aromatic carbocycles. The predicted molar refractivity (Wildman–Crippen MR) is 177 cm³/mol. The van der Waals surface area contributed by atoms with Gasteiger partial charge in [-0.2, -0.15) is 23.1 Å². The standard InChI is InChI=1S/C34H39BrF3N5O5/c1-4-46-30(44)26-18-33(20-43(26)32(45)47-19-21(2)3)12-14-42(15-13-33)27-17-28(41-31(39)40-27)48-29(34(36,37)38)24-11-10-23(35)16-25(24)22-8-6-5-7-9-22/h5-11,16-17,21,26,29H,4,12-15,18-20H2,1-3H3,(H2,39,40,41)/t26?,29-/m1/s1. The Hall–Kier alpha value is -4.07. The molecule has 3 heterocycles. The number of ether oxygens (including phenoxy) is 3. The summed E-state index contributed by atoms with van der Waals surface area (Å²) in [6, 6.07) is 13.9. The van der Waals surface area contributed by atoms with Gasteiger partial charge in [0.15, 0.2) is 0 Å². The number of anilines is 2. The smallest absolute Gasteiger partial charge is 0.429 e. The normalized spacial score (nSPS) is 18.2. The average Bonchev–Trinajstić information content (AvgIpc) is 3.42. The highest BCUT2D eigenvalue weighted by Gasteiger charge is 2.51. The molecule has 0 bridgehead atoms. The third kappa shape index (κ3) is 8.13. The SMILES string of the molecule is CCOC(=O)C1CC2(CCN(c3cc(O[C@H](c4ccc(Br)cc4-c4ccccc4)C(F)(F)F)nc(N)n3)CC2)CN1C(=O)OCC(C)C. The van der Waals surface area contributed by atoms with Crippen molar-refractivity contribution in [2.75, 3.05) is 43.5 Å². The van der Waals surface area contributed by atoms with Gasteiger partial charge in [0, 0.05) is 35.7 Å². The number of rotatable bonds is 9. The molecular weight excluding hydrogens is 695 g/mol. The Balaban J connectivity index is 1.35. The molecule has 2 saturated heterocycles. The van der Waals surface area contributed by atoms with Crippen molar-refractivity contribution in [1.82, 2.24) is 14.9 Å². The lowest BCUT2D eigenvalue weighted by Gasteiger charge is -2.39. The molecule has 258 valence electrons. The first kappa shape index (κ1) is 35.2. The van der Waals surface area contributed by atoms with Crippen LogP contribution in [0, 0.1) is 11.3 Å². The summed E-state index contributed by atoms with van der Waals surface area (Å²) in [5, 5.41) is 0. The van der Waals surface area contributed by atoms with Gasteiger partial charge in [0.1, 0.15) is 11.9 Å². The quantitative estimate of drug-likeness (QED) is 0.228. The molecule has 14 heteroatoms. The second-order valence-electron chi connectivity index (χ2n) is 12.6. The van der Waals surface area contributed by atoms with E-state index >= 15 is 0 Å². The van der Waals surface area contributed by atoms with E-state index in [9.17, 15) is 22.8 Å². The number of halogens is 4. The summed E-state index contributed by atoms with van der Waals surface area (Å²) in [7, 11) is 0. The van der Waals surface area contributed by atoms with E-state index in [-0.39, 0.29) is 41.9 Å². The topological polar surface area (TPSA) is 120 Å². The van der Waals surface area contributed by atoms with Gasteiger partial charge in [-0.1, -0.05) is 66.2 Å². The van der Waals surface area contributed by atoms with Gasteiger partial charge >= 0.3 is 18.2 Å². The molecule has 2 aliphatic heterocycles. The molecule has 1 amide bonds. The van der Waals surface area contributed by atoms with Crippen LogP contribution in [-0.4, -0.2) is 72.0 Å². The highest BCUT2D eigenvalue weighted by atomic mass is 79.9. The maximum atomic E-state index is 14.6. The lowest BCUT2D eigenvalue weighted by molar-refractivity contribution is -0.198. The summed E-state index contributed by atoms with van der Waals surface area (Å²) in [6.07, 6.45) is -6.09. The largest absolute Gasteiger partial charge is 0.464 e. The summed E-state index contributed by atoms with van der Waals surface area (Å²) in [4.78, 5) is 37.5. The van der Waals surface area contributed by atoms with Crippen LogP contribution in [0.1, 0.15) is 51.7 Å². The Morgan fingerprint density at radius 2 is 1.77 bits per heavy atom. The molecule has 10 nitrogen and oxygen atoms in total. The van der Waals surface area contributed by atoms with Gasteiger partial charge in [-0.25, -0.2) is 9.59 Å². The summed E-state index contributed by atoms with van der Waals surface area (Å²) >= 11 is 3.37. The van der Waals surface area contributed by atoms with E-state index in [0.717, 1.165) is 0 Å². The molecule has 2 atom stereocenters. The highest BCUT2D eigenvalue weighted by Crippen LogP contribution is 2.46. The van der Waals surface area contributed by atoms with Crippen molar-refractivity contribution in [3.63, 3.8) is 0 Å². The number of piperidine rings is 1. The summed E-state index contributed by atoms with van der Waals surface area (Å²) in [6.45, 7) is 7.23. The van der Waals surface area contributed by atoms with Crippen LogP contribution >= 0.6 is 15.9 Å². The summed E-state index contributed by atoms with van der Waals surface area (Å²) in [5.74, 6) is -0.560. The van der Waals surface area contributed by atoms with Gasteiger partial charge in [-0.05, 0) is 60.8 Å². The third-order valence-electron chi connectivity index (χ3n) is 8.61. The number of aromatic nitrogens is 2. The Morgan fingerprint density at radius 3 is 2.42 bits per heavy atom. The lowest BCUT2D eigenvalue weighted by Crippen LogP contribution is -2.44. The van der Waals surface area contributed by atoms with Crippen molar-refractivity contribution in [1.29, 1.82) is 0 Å². The van der Waals surface area contributed by atoms with Crippen LogP contribution in [0.2, 0.25) is 0 Å². The fraction of sp³-hybridized carbons (Fsp3) is 0.471. The van der Waals surface area contributed by atoms with E-state index in [0.29, 0.717) is 60.3 Å². The molecule has 1 spiro atoms. The van der Waals surface area contributed by atoms with E-state index in [1.807, 2.05) is 18.7 Å². The fourth-order valence-electron chi connectivity index (χ4n) is 6.30. The maximum Gasteiger partial charge on any atom is 0.429 e. The number of benzene rings is 2. The number of carbonyl (C=O) groups excluding carboxylic acids is 2. The summed E-state index contributed by atoms with van der Waals surface area (Å²) < 4.78 is 60.9. The number of alkyl halides is 3. The maximum absolute atomic E-state index is 14.6. The lowest BCUT2D eigenvalue weighted by atomic mass is 9.76. The molecule has 5 rings (SSSR count). The zero-order valence-electron chi connectivity index (χ0n) is 27.0. The molecule has 0 aliphatic carbocycles. The number of amides is 1. The minimum atomic E-state index is -4.78. The van der Waals surface area contributed by atoms with Gasteiger partial charge < -0.3 is 24.8 Å². The monoisotopic (exact) mass is 733 g/mol. The Kier molecular flexibility index (Phi) is 10.7. The number of nitrogens with two attached hydrogens (primary N) is 1. The van der Waals surface area contributed by atoms with Gasteiger partial charge in [-0.15, -0.1) is 0 Å². The van der Waals surface area contributed by atoms with Crippen LogP contribution in [-0.2, 0) is 14.3 Å². The van der Waals surface area contributed by atoms with Crippen molar-refractivity contribution < 1.29 is 37.0 Å². The van der Waals surface area contributed by atoms with E-state index in [1.54, 1.807) is 43.3 Å². The number of hydrogen-bond acceptors (Lipinski definition) is 9. The van der Waals surface area contributed by atoms with E-state index in [2.05, 4.69) is 25.9 Å². The molecular formula is C34H39BrF3N5O5. The molecule has 48 heavy (non-hydrogen) atoms. The van der Waals surface area contributed by atoms with Crippen molar-refractivity contribution >= 4 is 39.8 Å². The van der Waals surface area contributed by atoms with E-state index in [1.165, 1.54) is 23.1 Å². The number of carbonyl (C=O) groups is 2. The van der Waals surface area contributed by atoms with Crippen LogP contribution in [0.3, 0.4) is 0 Å². The van der Waals surface area contributed by atoms with E-state index in [4.69, 9.17) is 19.9 Å². The highest BCUT2D eigenvalue weighted by molar-refractivity contribution is 9.10. The molecule has 0 radical (unpaired) electrons. The second kappa shape index (κ2) is 14.6. The van der Waals surface area contributed by atoms with Gasteiger partial charge in [0.2, 0.25) is 17.9 Å². The first-order valence-electron chi connectivity index (χ1n) is 15.9. The van der Waals surface area contributed by atoms with Crippen LogP contribution in [0.25, 0.3) is 11.1 Å². The number of esters is 1. The number of nitrogen functional groups attached to an aromatic ring is 1. The fourth-order valence-corrected chi connectivity index (χ4v) is 6.66. The molecule has 1 unspecified atom stereocenters. The van der Waals surface area contributed by atoms with Crippen LogP contribution in [0.15, 0.2) is 59.1 Å². The predicted octanol–water partition coefficient (Wildman–Crippen LogP) is 7.19. The van der Waals surface area contributed by atoms with Crippen molar-refractivity contribution in [3.05, 3.63) is 64.6 Å². The van der Waals surface area contributed by atoms with Crippen molar-refractivity contribution in [2.24, 2.45) is 11.3 Å². The molecule has 1 aromatic heterocycles. The van der Waals surface area contributed by atoms with Gasteiger partial charge in [0.25, 0.3) is 0 Å². The second-order valence-corrected chi connectivity index (χ2v) is 13.5. The van der Waals surface area contributed by atoms with Crippen LogP contribution in [0.4, 0.5) is 29.7 Å². The van der Waals surface area contributed by atoms with Gasteiger partial charge in [-0.3, -0.25) is 4.90 Å². The number of hydrogen-bond donors (Lipinski definition) is 1. The minimum absolute atomic E-state index is 0.0792. The molecule has 2 fully saturated rings. The Labute approximate surface area is 285 Å². The molecule has 0 saturated carbocycles. The summed E-state index contributed by atoms with van der Waals surface area (Å²) in [5.41, 5.74) is 6.50. The average molecular weight is 735 g/mol. The molecule has 2 N–H and O–H groups in total. The first-order chi connectivity index (χ1) is 22.8. The Morgan fingerprint density at radius 1 is 1.06 bits per heavy atom. The first-order valence-corrected chi connectivity index (χ1v) is 16.7. The number of nitrogens with zero attached hydrogens (tertiary/aromatic N) is 4. The zero-order valence-corrected chi connectivity index (χ0v) is 28.6. The van der Waals surface area contributed by atoms with Crippen LogP contribution < -0.4 is 15.4 Å². The van der Waals surface area contributed by atoms with Crippen molar-refractivity contribution in [3.8, 4) is 17.0 Å². The third-order valence-corrected chi connectivity index (χ3v) is 9.11. The number of likely N-dealkylation sites (tertiary alicyclic amines) is 1. The van der Waals surface area contributed by atoms with Gasteiger partial charge in [0.05, 0.1) is 13.2 Å². The minimum Gasteiger partial charge on any atom is -0.464 e. The van der Waals surface area contributed by atoms with Crippen molar-refractivity contribution in [2.45, 2.75) is 58.4 Å². The Bertz CT molecular complexity index is 1600. The van der Waals surface area contributed by atoms with E-state index < -0.39 is 30.4 Å². The molecule has 2 aliphatic rings. The van der Waals surface area contributed by atoms with Crippen LogP contribution in [0.5, 0.6) is 5.88 Å². The zero-order chi connectivity index (χ0) is 34.6. The molecule has 3 aromatic rings.